The van der Waals surface area contributed by atoms with Crippen LogP contribution in [0.4, 0.5) is 0 Å². The van der Waals surface area contributed by atoms with Crippen LogP contribution in [0.2, 0.25) is 0 Å². The maximum Gasteiger partial charge on any atom is 0.133 e. The summed E-state index contributed by atoms with van der Waals surface area (Å²) in [6.07, 6.45) is 0. The van der Waals surface area contributed by atoms with Crippen LogP contribution in [0.25, 0.3) is 0 Å². The Morgan fingerprint density at radius 3 is 2.37 bits per heavy atom. The highest BCUT2D eigenvalue weighted by Crippen LogP contribution is 2.34. The molecule has 19 heavy (non-hydrogen) atoms. The number of benzene rings is 2. The summed E-state index contributed by atoms with van der Waals surface area (Å²) in [5, 5.41) is 0.777. The summed E-state index contributed by atoms with van der Waals surface area (Å²) >= 11 is 7.00. The van der Waals surface area contributed by atoms with Crippen molar-refractivity contribution in [2.24, 2.45) is 0 Å². The van der Waals surface area contributed by atoms with Gasteiger partial charge in [-0.2, -0.15) is 0 Å². The van der Waals surface area contributed by atoms with Crippen LogP contribution >= 0.6 is 31.9 Å². The normalized spacial score (nSPS) is 10.6. The molecule has 0 aromatic heterocycles. The molecule has 0 aliphatic rings. The summed E-state index contributed by atoms with van der Waals surface area (Å²) in [6, 6.07) is 10.3. The first-order chi connectivity index (χ1) is 9.02. The number of halogens is 2. The minimum absolute atomic E-state index is 0.777. The lowest BCUT2D eigenvalue weighted by molar-refractivity contribution is 0.470. The average Bonchev–Trinajstić information content (AvgIpc) is 2.39. The van der Waals surface area contributed by atoms with Crippen LogP contribution < -0.4 is 4.74 Å². The zero-order chi connectivity index (χ0) is 14.0. The summed E-state index contributed by atoms with van der Waals surface area (Å²) in [7, 11) is 0. The first kappa shape index (κ1) is 14.6. The molecule has 0 atom stereocenters. The van der Waals surface area contributed by atoms with E-state index in [-0.39, 0.29) is 0 Å². The molecule has 0 N–H and O–H groups in total. The summed E-state index contributed by atoms with van der Waals surface area (Å²) in [5.74, 6) is 1.85. The average molecular weight is 384 g/mol. The zero-order valence-corrected chi connectivity index (χ0v) is 14.4. The molecule has 0 spiro atoms. The molecule has 0 amide bonds. The summed E-state index contributed by atoms with van der Waals surface area (Å²) in [6.45, 7) is 6.28. The smallest absolute Gasteiger partial charge is 0.133 e. The Bertz CT molecular complexity index is 606. The van der Waals surface area contributed by atoms with Crippen LogP contribution in [0, 0.1) is 20.8 Å². The van der Waals surface area contributed by atoms with Crippen molar-refractivity contribution in [2.75, 3.05) is 0 Å². The Hall–Kier alpha value is -0.800. The van der Waals surface area contributed by atoms with Crippen molar-refractivity contribution in [3.05, 3.63) is 57.1 Å². The summed E-state index contributed by atoms with van der Waals surface area (Å²) in [4.78, 5) is 0. The fraction of sp³-hybridized carbons (Fsp3) is 0.250. The lowest BCUT2D eigenvalue weighted by Crippen LogP contribution is -1.95. The van der Waals surface area contributed by atoms with E-state index in [1.54, 1.807) is 0 Å². The van der Waals surface area contributed by atoms with E-state index in [4.69, 9.17) is 4.74 Å². The SMILES string of the molecule is Cc1ccc(C)c(Oc2cc(Br)ccc2CBr)c1C. The summed E-state index contributed by atoms with van der Waals surface area (Å²) < 4.78 is 7.19. The van der Waals surface area contributed by atoms with E-state index < -0.39 is 0 Å². The fourth-order valence-electron chi connectivity index (χ4n) is 1.93. The second kappa shape index (κ2) is 6.10. The quantitative estimate of drug-likeness (QED) is 0.585. The molecular formula is C16H16Br2O. The molecule has 0 radical (unpaired) electrons. The maximum atomic E-state index is 6.16. The molecule has 0 saturated heterocycles. The van der Waals surface area contributed by atoms with Crippen molar-refractivity contribution in [3.63, 3.8) is 0 Å². The van der Waals surface area contributed by atoms with E-state index in [9.17, 15) is 0 Å². The van der Waals surface area contributed by atoms with Gasteiger partial charge in [0.2, 0.25) is 0 Å². The van der Waals surface area contributed by atoms with Gasteiger partial charge in [0, 0.05) is 15.4 Å². The first-order valence-corrected chi connectivity index (χ1v) is 8.03. The standard InChI is InChI=1S/C16H16Br2O/c1-10-4-5-11(2)16(12(10)3)19-15-8-14(18)7-6-13(15)9-17/h4-8H,9H2,1-3H3. The Balaban J connectivity index is 2.47. The van der Waals surface area contributed by atoms with Gasteiger partial charge in [-0.25, -0.2) is 0 Å². The molecule has 2 aromatic carbocycles. The second-order valence-corrected chi connectivity index (χ2v) is 6.12. The van der Waals surface area contributed by atoms with E-state index in [0.717, 1.165) is 32.4 Å². The molecule has 0 fully saturated rings. The van der Waals surface area contributed by atoms with Gasteiger partial charge in [-0.3, -0.25) is 0 Å². The van der Waals surface area contributed by atoms with E-state index in [1.165, 1.54) is 11.1 Å². The topological polar surface area (TPSA) is 9.23 Å². The third-order valence-electron chi connectivity index (χ3n) is 3.26. The first-order valence-electron chi connectivity index (χ1n) is 6.12. The molecule has 0 aliphatic heterocycles. The lowest BCUT2D eigenvalue weighted by atomic mass is 10.1. The monoisotopic (exact) mass is 382 g/mol. The highest BCUT2D eigenvalue weighted by Gasteiger charge is 2.10. The fourth-order valence-corrected chi connectivity index (χ4v) is 2.73. The Labute approximate surface area is 131 Å². The largest absolute Gasteiger partial charge is 0.456 e. The molecule has 0 heterocycles. The highest BCUT2D eigenvalue weighted by molar-refractivity contribution is 9.10. The minimum Gasteiger partial charge on any atom is -0.456 e. The molecule has 0 unspecified atom stereocenters. The van der Waals surface area contributed by atoms with E-state index in [0.29, 0.717) is 0 Å². The van der Waals surface area contributed by atoms with Crippen LogP contribution in [-0.2, 0) is 5.33 Å². The Morgan fingerprint density at radius 1 is 1.00 bits per heavy atom. The van der Waals surface area contributed by atoms with Gasteiger partial charge < -0.3 is 4.74 Å². The molecule has 1 nitrogen and oxygen atoms in total. The van der Waals surface area contributed by atoms with Gasteiger partial charge in [0.15, 0.2) is 0 Å². The van der Waals surface area contributed by atoms with Crippen molar-refractivity contribution in [1.82, 2.24) is 0 Å². The number of ether oxygens (including phenoxy) is 1. The third-order valence-corrected chi connectivity index (χ3v) is 4.36. The number of alkyl halides is 1. The third kappa shape index (κ3) is 3.21. The van der Waals surface area contributed by atoms with Crippen molar-refractivity contribution >= 4 is 31.9 Å². The molecule has 2 aromatic rings. The van der Waals surface area contributed by atoms with Gasteiger partial charge in [-0.1, -0.05) is 50.1 Å². The second-order valence-electron chi connectivity index (χ2n) is 4.64. The van der Waals surface area contributed by atoms with Crippen LogP contribution in [0.15, 0.2) is 34.8 Å². The molecule has 0 saturated carbocycles. The van der Waals surface area contributed by atoms with Crippen LogP contribution in [0.5, 0.6) is 11.5 Å². The van der Waals surface area contributed by atoms with Gasteiger partial charge in [-0.15, -0.1) is 0 Å². The number of rotatable bonds is 3. The van der Waals surface area contributed by atoms with Gasteiger partial charge >= 0.3 is 0 Å². The lowest BCUT2D eigenvalue weighted by Gasteiger charge is -2.16. The molecule has 0 bridgehead atoms. The predicted octanol–water partition coefficient (Wildman–Crippen LogP) is 6.06. The molecule has 100 valence electrons. The molecule has 0 aliphatic carbocycles. The number of aryl methyl sites for hydroxylation is 2. The number of hydrogen-bond acceptors (Lipinski definition) is 1. The Kier molecular flexibility index (Phi) is 4.69. The van der Waals surface area contributed by atoms with Crippen LogP contribution in [0.1, 0.15) is 22.3 Å². The summed E-state index contributed by atoms with van der Waals surface area (Å²) in [5.41, 5.74) is 4.74. The molecule has 2 rings (SSSR count). The van der Waals surface area contributed by atoms with Gasteiger partial charge in [-0.05, 0) is 49.6 Å². The van der Waals surface area contributed by atoms with Gasteiger partial charge in [0.05, 0.1) is 0 Å². The Morgan fingerprint density at radius 2 is 1.68 bits per heavy atom. The van der Waals surface area contributed by atoms with Crippen molar-refractivity contribution in [2.45, 2.75) is 26.1 Å². The van der Waals surface area contributed by atoms with Crippen molar-refractivity contribution in [1.29, 1.82) is 0 Å². The van der Waals surface area contributed by atoms with Gasteiger partial charge in [0.1, 0.15) is 11.5 Å². The van der Waals surface area contributed by atoms with Crippen molar-refractivity contribution in [3.8, 4) is 11.5 Å². The minimum atomic E-state index is 0.777. The van der Waals surface area contributed by atoms with Crippen molar-refractivity contribution < 1.29 is 4.74 Å². The van der Waals surface area contributed by atoms with Gasteiger partial charge in [0.25, 0.3) is 0 Å². The highest BCUT2D eigenvalue weighted by atomic mass is 79.9. The van der Waals surface area contributed by atoms with E-state index in [1.807, 2.05) is 12.1 Å². The molecule has 3 heteroatoms. The predicted molar refractivity (Wildman–Crippen MR) is 87.5 cm³/mol. The maximum absolute atomic E-state index is 6.16. The zero-order valence-electron chi connectivity index (χ0n) is 11.3. The van der Waals surface area contributed by atoms with Crippen LogP contribution in [0.3, 0.4) is 0 Å². The molecular weight excluding hydrogens is 368 g/mol. The van der Waals surface area contributed by atoms with Crippen LogP contribution in [-0.4, -0.2) is 0 Å². The van der Waals surface area contributed by atoms with E-state index >= 15 is 0 Å². The van der Waals surface area contributed by atoms with E-state index in [2.05, 4.69) is 70.8 Å². The number of hydrogen-bond donors (Lipinski definition) is 0.